The van der Waals surface area contributed by atoms with E-state index in [2.05, 4.69) is 39.0 Å². The lowest BCUT2D eigenvalue weighted by molar-refractivity contribution is 0.997. The maximum absolute atomic E-state index is 12.8. The van der Waals surface area contributed by atoms with E-state index in [1.807, 2.05) is 29.6 Å². The fraction of sp³-hybridized carbons (Fsp3) is 0.118. The highest BCUT2D eigenvalue weighted by Crippen LogP contribution is 2.34. The molecule has 1 aromatic heterocycles. The molecule has 0 aliphatic carbocycles. The maximum Gasteiger partial charge on any atom is 0.211 e. The van der Waals surface area contributed by atoms with Gasteiger partial charge in [0.1, 0.15) is 0 Å². The number of hydrogen-bond acceptors (Lipinski definition) is 3. The summed E-state index contributed by atoms with van der Waals surface area (Å²) in [4.78, 5) is 15.0. The van der Waals surface area contributed by atoms with Crippen molar-refractivity contribution in [3.8, 4) is 0 Å². The smallest absolute Gasteiger partial charge is 0.211 e. The zero-order chi connectivity index (χ0) is 14.4. The molecule has 104 valence electrons. The van der Waals surface area contributed by atoms with Gasteiger partial charge in [-0.05, 0) is 36.2 Å². The van der Waals surface area contributed by atoms with Gasteiger partial charge >= 0.3 is 0 Å². The van der Waals surface area contributed by atoms with Crippen molar-refractivity contribution in [3.05, 3.63) is 68.1 Å². The van der Waals surface area contributed by atoms with Crippen molar-refractivity contribution >= 4 is 48.7 Å². The number of anilines is 2. The van der Waals surface area contributed by atoms with Crippen molar-refractivity contribution in [2.24, 2.45) is 0 Å². The van der Waals surface area contributed by atoms with Crippen LogP contribution in [0.1, 0.15) is 5.56 Å². The Kier molecular flexibility index (Phi) is 3.08. The summed E-state index contributed by atoms with van der Waals surface area (Å²) in [5, 5.41) is 2.77. The Morgan fingerprint density at radius 1 is 1.10 bits per heavy atom. The lowest BCUT2D eigenvalue weighted by atomic mass is 10.2. The van der Waals surface area contributed by atoms with Crippen LogP contribution in [-0.2, 0) is 6.42 Å². The zero-order valence-electron chi connectivity index (χ0n) is 11.2. The summed E-state index contributed by atoms with van der Waals surface area (Å²) < 4.78 is 1.97. The largest absolute Gasteiger partial charge is 0.337 e. The van der Waals surface area contributed by atoms with E-state index in [0.29, 0.717) is 0 Å². The average molecular weight is 358 g/mol. The Bertz CT molecular complexity index is 903. The lowest BCUT2D eigenvalue weighted by Gasteiger charge is -2.18. The van der Waals surface area contributed by atoms with Crippen molar-refractivity contribution in [2.45, 2.75) is 6.42 Å². The minimum atomic E-state index is 0.113. The molecule has 4 rings (SSSR count). The van der Waals surface area contributed by atoms with Crippen LogP contribution in [0.3, 0.4) is 0 Å². The molecular formula is C17H12BrNOS. The molecule has 21 heavy (non-hydrogen) atoms. The van der Waals surface area contributed by atoms with E-state index in [0.717, 1.165) is 38.9 Å². The van der Waals surface area contributed by atoms with Crippen molar-refractivity contribution in [1.29, 1.82) is 0 Å². The summed E-state index contributed by atoms with van der Waals surface area (Å²) >= 11 is 5.08. The van der Waals surface area contributed by atoms with Crippen LogP contribution in [0, 0.1) is 0 Å². The van der Waals surface area contributed by atoms with Gasteiger partial charge in [0.25, 0.3) is 0 Å². The molecule has 0 radical (unpaired) electrons. The standard InChI is InChI=1S/C17H12BrNOS/c18-12-5-6-16-13(9-12)17(20)15(10-21-16)19-8-7-11-3-1-2-4-14(11)19/h1-6,9-10H,7-8H2. The number of fused-ring (bicyclic) bond motifs is 2. The number of nitrogens with zero attached hydrogens (tertiary/aromatic N) is 1. The Labute approximate surface area is 134 Å². The Balaban J connectivity index is 1.93. The van der Waals surface area contributed by atoms with Gasteiger partial charge in [-0.3, -0.25) is 4.79 Å². The highest BCUT2D eigenvalue weighted by atomic mass is 79.9. The summed E-state index contributed by atoms with van der Waals surface area (Å²) in [6.45, 7) is 0.876. The predicted molar refractivity (Wildman–Crippen MR) is 92.9 cm³/mol. The molecule has 1 aliphatic heterocycles. The normalized spacial score (nSPS) is 13.7. The van der Waals surface area contributed by atoms with Gasteiger partial charge in [0.15, 0.2) is 0 Å². The van der Waals surface area contributed by atoms with Crippen LogP contribution in [0.2, 0.25) is 0 Å². The highest BCUT2D eigenvalue weighted by molar-refractivity contribution is 9.10. The molecule has 0 unspecified atom stereocenters. The molecule has 0 fully saturated rings. The monoisotopic (exact) mass is 357 g/mol. The topological polar surface area (TPSA) is 20.3 Å². The van der Waals surface area contributed by atoms with E-state index in [4.69, 9.17) is 0 Å². The molecule has 3 aromatic rings. The van der Waals surface area contributed by atoms with E-state index >= 15 is 0 Å². The first-order valence-corrected chi connectivity index (χ1v) is 8.48. The summed E-state index contributed by atoms with van der Waals surface area (Å²) in [5.41, 5.74) is 3.38. The molecule has 0 spiro atoms. The van der Waals surface area contributed by atoms with Crippen LogP contribution in [0.25, 0.3) is 10.1 Å². The number of benzene rings is 2. The quantitative estimate of drug-likeness (QED) is 0.628. The Morgan fingerprint density at radius 2 is 1.95 bits per heavy atom. The fourth-order valence-electron chi connectivity index (χ4n) is 2.87. The van der Waals surface area contributed by atoms with Crippen molar-refractivity contribution in [3.63, 3.8) is 0 Å². The molecule has 0 N–H and O–H groups in total. The second-order valence-corrected chi connectivity index (χ2v) is 6.95. The predicted octanol–water partition coefficient (Wildman–Crippen LogP) is 4.72. The summed E-state index contributed by atoms with van der Waals surface area (Å²) in [6, 6.07) is 14.2. The van der Waals surface area contributed by atoms with Crippen molar-refractivity contribution in [1.82, 2.24) is 0 Å². The molecular weight excluding hydrogens is 346 g/mol. The van der Waals surface area contributed by atoms with Gasteiger partial charge in [0.2, 0.25) is 5.43 Å². The summed E-state index contributed by atoms with van der Waals surface area (Å²) in [7, 11) is 0. The van der Waals surface area contributed by atoms with Crippen molar-refractivity contribution < 1.29 is 0 Å². The molecule has 2 nitrogen and oxygen atoms in total. The summed E-state index contributed by atoms with van der Waals surface area (Å²) in [5.74, 6) is 0. The molecule has 2 aromatic carbocycles. The van der Waals surface area contributed by atoms with Crippen LogP contribution >= 0.6 is 27.3 Å². The van der Waals surface area contributed by atoms with Crippen molar-refractivity contribution in [2.75, 3.05) is 11.4 Å². The van der Waals surface area contributed by atoms with E-state index in [-0.39, 0.29) is 5.43 Å². The number of hydrogen-bond donors (Lipinski definition) is 0. The van der Waals surface area contributed by atoms with Crippen LogP contribution < -0.4 is 10.3 Å². The van der Waals surface area contributed by atoms with Gasteiger partial charge in [-0.15, -0.1) is 11.3 Å². The first-order chi connectivity index (χ1) is 10.2. The second-order valence-electron chi connectivity index (χ2n) is 5.12. The minimum Gasteiger partial charge on any atom is -0.337 e. The molecule has 0 amide bonds. The molecule has 1 aliphatic rings. The van der Waals surface area contributed by atoms with Gasteiger partial charge in [-0.25, -0.2) is 0 Å². The van der Waals surface area contributed by atoms with E-state index in [1.54, 1.807) is 11.3 Å². The maximum atomic E-state index is 12.8. The Morgan fingerprint density at radius 3 is 2.86 bits per heavy atom. The van der Waals surface area contributed by atoms with E-state index in [1.165, 1.54) is 5.56 Å². The second kappa shape index (κ2) is 4.97. The molecule has 0 saturated heterocycles. The van der Waals surface area contributed by atoms with Crippen LogP contribution in [0.15, 0.2) is 57.1 Å². The third-order valence-corrected chi connectivity index (χ3v) is 5.34. The summed E-state index contributed by atoms with van der Waals surface area (Å²) in [6.07, 6.45) is 0.997. The van der Waals surface area contributed by atoms with Gasteiger partial charge < -0.3 is 4.90 Å². The van der Waals surface area contributed by atoms with Crippen LogP contribution in [0.5, 0.6) is 0 Å². The first-order valence-electron chi connectivity index (χ1n) is 6.80. The van der Waals surface area contributed by atoms with E-state index < -0.39 is 0 Å². The zero-order valence-corrected chi connectivity index (χ0v) is 13.6. The molecule has 0 atom stereocenters. The highest BCUT2D eigenvalue weighted by Gasteiger charge is 2.22. The minimum absolute atomic E-state index is 0.113. The number of rotatable bonds is 1. The molecule has 0 bridgehead atoms. The van der Waals surface area contributed by atoms with Gasteiger partial charge in [-0.1, -0.05) is 34.1 Å². The average Bonchev–Trinajstić information content (AvgIpc) is 2.92. The lowest BCUT2D eigenvalue weighted by Crippen LogP contribution is -2.20. The Hall–Kier alpha value is -1.65. The molecule has 4 heteroatoms. The fourth-order valence-corrected chi connectivity index (χ4v) is 4.13. The van der Waals surface area contributed by atoms with E-state index in [9.17, 15) is 4.79 Å². The first kappa shape index (κ1) is 13.0. The van der Waals surface area contributed by atoms with Crippen LogP contribution in [0.4, 0.5) is 11.4 Å². The number of halogens is 1. The SMILES string of the molecule is O=c1c(N2CCc3ccccc32)csc2ccc(Br)cc12. The third kappa shape index (κ3) is 2.10. The number of para-hydroxylation sites is 1. The van der Waals surface area contributed by atoms with Gasteiger partial charge in [-0.2, -0.15) is 0 Å². The van der Waals surface area contributed by atoms with Gasteiger partial charge in [0, 0.05) is 32.2 Å². The third-order valence-electron chi connectivity index (χ3n) is 3.89. The molecule has 2 heterocycles. The van der Waals surface area contributed by atoms with Gasteiger partial charge in [0.05, 0.1) is 5.69 Å². The molecule has 0 saturated carbocycles. The van der Waals surface area contributed by atoms with Crippen LogP contribution in [-0.4, -0.2) is 6.54 Å².